The predicted octanol–water partition coefficient (Wildman–Crippen LogP) is 2.88. The number of para-hydroxylation sites is 1. The van der Waals surface area contributed by atoms with Crippen LogP contribution in [0.25, 0.3) is 0 Å². The number of piperidine rings is 1. The molecule has 2 fully saturated rings. The highest BCUT2D eigenvalue weighted by atomic mass is 32.1. The fourth-order valence-corrected chi connectivity index (χ4v) is 5.99. The second-order valence-electron chi connectivity index (χ2n) is 9.69. The van der Waals surface area contributed by atoms with Crippen LogP contribution in [-0.4, -0.2) is 53.7 Å². The normalized spacial score (nSPS) is 21.7. The summed E-state index contributed by atoms with van der Waals surface area (Å²) >= 11 is 0.417. The number of hydrogen-bond donors (Lipinski definition) is 4. The van der Waals surface area contributed by atoms with Gasteiger partial charge in [0.25, 0.3) is 0 Å². The summed E-state index contributed by atoms with van der Waals surface area (Å²) in [5.41, 5.74) is 4.87. The first-order chi connectivity index (χ1) is 18.5. The third kappa shape index (κ3) is 6.70. The third-order valence-electron chi connectivity index (χ3n) is 7.02. The standard InChI is InChI=1S/C26H30F3N5O4S/c1-14-17-11-19(25(37)33-12-16-10-18(24(30)31)23(39-16)26(27,28)29)34(22(14)17)21(36)13-32-20(35)8-5-9-38-15-6-3-2-4-7-15/h2-4,6-7,10,14,17,19,22H,5,8-9,11-13H2,1H3,(H3,30,31)(H,32,35)(H,33,37). The van der Waals surface area contributed by atoms with E-state index in [0.29, 0.717) is 36.5 Å². The van der Waals surface area contributed by atoms with Crippen molar-refractivity contribution in [1.29, 1.82) is 5.41 Å². The largest absolute Gasteiger partial charge is 0.494 e. The van der Waals surface area contributed by atoms with Crippen LogP contribution in [0, 0.1) is 17.2 Å². The second kappa shape index (κ2) is 11.6. The van der Waals surface area contributed by atoms with E-state index < -0.39 is 34.4 Å². The lowest BCUT2D eigenvalue weighted by atomic mass is 10.1. The van der Waals surface area contributed by atoms with Gasteiger partial charge in [0, 0.05) is 22.9 Å². The molecule has 0 spiro atoms. The van der Waals surface area contributed by atoms with Gasteiger partial charge in [0.2, 0.25) is 17.7 Å². The van der Waals surface area contributed by atoms with Crippen molar-refractivity contribution in [2.45, 2.75) is 51.0 Å². The number of amidine groups is 1. The van der Waals surface area contributed by atoms with Crippen molar-refractivity contribution in [1.82, 2.24) is 15.5 Å². The van der Waals surface area contributed by atoms with E-state index in [9.17, 15) is 27.6 Å². The Hall–Kier alpha value is -3.61. The number of rotatable bonds is 11. The van der Waals surface area contributed by atoms with Gasteiger partial charge >= 0.3 is 6.18 Å². The molecule has 1 aromatic heterocycles. The Labute approximate surface area is 227 Å². The van der Waals surface area contributed by atoms with Crippen LogP contribution in [0.1, 0.15) is 41.5 Å². The molecule has 39 heavy (non-hydrogen) atoms. The molecular weight excluding hydrogens is 535 g/mol. The van der Waals surface area contributed by atoms with Crippen LogP contribution in [0.3, 0.4) is 0 Å². The summed E-state index contributed by atoms with van der Waals surface area (Å²) in [6, 6.07) is 9.48. The van der Waals surface area contributed by atoms with Crippen molar-refractivity contribution in [2.75, 3.05) is 13.2 Å². The van der Waals surface area contributed by atoms with E-state index in [2.05, 4.69) is 10.6 Å². The fourth-order valence-electron chi connectivity index (χ4n) is 5.01. The molecule has 1 aliphatic carbocycles. The first-order valence-corrected chi connectivity index (χ1v) is 13.4. The van der Waals surface area contributed by atoms with Gasteiger partial charge in [-0.2, -0.15) is 13.2 Å². The molecule has 5 N–H and O–H groups in total. The molecule has 1 saturated heterocycles. The highest BCUT2D eigenvalue weighted by Crippen LogP contribution is 2.53. The van der Waals surface area contributed by atoms with Gasteiger partial charge in [-0.15, -0.1) is 11.3 Å². The van der Waals surface area contributed by atoms with Gasteiger partial charge in [-0.3, -0.25) is 19.8 Å². The van der Waals surface area contributed by atoms with Crippen LogP contribution in [0.5, 0.6) is 5.75 Å². The SMILES string of the molecule is CC1C2CC(C(=O)NCc3cc(C(=N)N)c(C(F)(F)F)s3)N(C(=O)CNC(=O)CCCOc3ccccc3)C12. The Morgan fingerprint density at radius 3 is 2.56 bits per heavy atom. The van der Waals surface area contributed by atoms with E-state index in [1.807, 2.05) is 37.3 Å². The molecule has 3 amide bonds. The van der Waals surface area contributed by atoms with Crippen LogP contribution in [0.2, 0.25) is 0 Å². The van der Waals surface area contributed by atoms with Gasteiger partial charge in [0.15, 0.2) is 0 Å². The quantitative estimate of drug-likeness (QED) is 0.189. The number of alkyl halides is 3. The highest BCUT2D eigenvalue weighted by Gasteiger charge is 2.61. The number of nitrogens with zero attached hydrogens (tertiary/aromatic N) is 1. The first kappa shape index (κ1) is 28.4. The number of amides is 3. The number of nitrogen functional groups attached to an aromatic ring is 1. The summed E-state index contributed by atoms with van der Waals surface area (Å²) in [5.74, 6) is -0.761. The second-order valence-corrected chi connectivity index (χ2v) is 10.8. The number of thiophene rings is 1. The Bertz CT molecular complexity index is 1240. The predicted molar refractivity (Wildman–Crippen MR) is 138 cm³/mol. The van der Waals surface area contributed by atoms with Crippen LogP contribution in [0.15, 0.2) is 36.4 Å². The molecule has 1 saturated carbocycles. The van der Waals surface area contributed by atoms with Crippen LogP contribution >= 0.6 is 11.3 Å². The zero-order chi connectivity index (χ0) is 28.3. The van der Waals surface area contributed by atoms with E-state index in [1.54, 1.807) is 0 Å². The molecule has 1 aliphatic heterocycles. The van der Waals surface area contributed by atoms with Gasteiger partial charge in [-0.25, -0.2) is 0 Å². The molecule has 0 radical (unpaired) electrons. The Kier molecular flexibility index (Phi) is 8.48. The first-order valence-electron chi connectivity index (χ1n) is 12.5. The summed E-state index contributed by atoms with van der Waals surface area (Å²) in [6.45, 7) is 1.90. The number of carbonyl (C=O) groups excluding carboxylic acids is 3. The minimum atomic E-state index is -4.67. The summed E-state index contributed by atoms with van der Waals surface area (Å²) < 4.78 is 45.4. The zero-order valence-electron chi connectivity index (χ0n) is 21.2. The van der Waals surface area contributed by atoms with Gasteiger partial charge < -0.3 is 26.0 Å². The number of benzene rings is 1. The molecule has 4 rings (SSSR count). The van der Waals surface area contributed by atoms with Crippen molar-refractivity contribution < 1.29 is 32.3 Å². The van der Waals surface area contributed by atoms with E-state index in [1.165, 1.54) is 4.90 Å². The van der Waals surface area contributed by atoms with Crippen LogP contribution in [0.4, 0.5) is 13.2 Å². The molecule has 4 atom stereocenters. The molecule has 1 aromatic carbocycles. The maximum absolute atomic E-state index is 13.3. The van der Waals surface area contributed by atoms with Crippen molar-refractivity contribution in [2.24, 2.45) is 17.6 Å². The highest BCUT2D eigenvalue weighted by molar-refractivity contribution is 7.12. The van der Waals surface area contributed by atoms with Crippen LogP contribution in [-0.2, 0) is 27.1 Å². The number of halogens is 3. The number of ether oxygens (including phenoxy) is 1. The lowest BCUT2D eigenvalue weighted by Crippen LogP contribution is -2.51. The van der Waals surface area contributed by atoms with Gasteiger partial charge in [0.05, 0.1) is 19.7 Å². The summed E-state index contributed by atoms with van der Waals surface area (Å²) in [6.07, 6.45) is -3.57. The third-order valence-corrected chi connectivity index (χ3v) is 8.20. The lowest BCUT2D eigenvalue weighted by Gasteiger charge is -2.28. The van der Waals surface area contributed by atoms with Gasteiger partial charge in [0.1, 0.15) is 22.5 Å². The van der Waals surface area contributed by atoms with Crippen molar-refractivity contribution in [3.63, 3.8) is 0 Å². The molecule has 210 valence electrons. The number of hydrogen-bond acceptors (Lipinski definition) is 6. The molecule has 2 heterocycles. The minimum Gasteiger partial charge on any atom is -0.494 e. The van der Waals surface area contributed by atoms with E-state index in [-0.39, 0.29) is 54.1 Å². The maximum atomic E-state index is 13.3. The number of likely N-dealkylation sites (tertiary alicyclic amines) is 1. The Morgan fingerprint density at radius 1 is 1.21 bits per heavy atom. The summed E-state index contributed by atoms with van der Waals surface area (Å²) in [4.78, 5) is 38.9. The smallest absolute Gasteiger partial charge is 0.426 e. The fraction of sp³-hybridized carbons (Fsp3) is 0.462. The Balaban J connectivity index is 1.27. The monoisotopic (exact) mass is 565 g/mol. The summed E-state index contributed by atoms with van der Waals surface area (Å²) in [5, 5.41) is 12.6. The van der Waals surface area contributed by atoms with E-state index in [0.717, 1.165) is 6.07 Å². The number of fused-ring (bicyclic) bond motifs is 1. The Morgan fingerprint density at radius 2 is 1.92 bits per heavy atom. The minimum absolute atomic E-state index is 0.104. The number of nitrogens with one attached hydrogen (secondary N) is 3. The van der Waals surface area contributed by atoms with Crippen LogP contribution < -0.4 is 21.1 Å². The topological polar surface area (TPSA) is 138 Å². The average molecular weight is 566 g/mol. The van der Waals surface area contributed by atoms with Crippen molar-refractivity contribution in [3.8, 4) is 5.75 Å². The lowest BCUT2D eigenvalue weighted by molar-refractivity contribution is -0.140. The summed E-state index contributed by atoms with van der Waals surface area (Å²) in [7, 11) is 0. The molecule has 0 bridgehead atoms. The molecule has 2 aliphatic rings. The van der Waals surface area contributed by atoms with Crippen molar-refractivity contribution >= 4 is 34.9 Å². The number of carbonyl (C=O) groups is 3. The van der Waals surface area contributed by atoms with Gasteiger partial charge in [-0.1, -0.05) is 25.1 Å². The number of nitrogens with two attached hydrogens (primary N) is 1. The van der Waals surface area contributed by atoms with E-state index >= 15 is 0 Å². The molecule has 2 aromatic rings. The average Bonchev–Trinajstić information content (AvgIpc) is 3.25. The van der Waals surface area contributed by atoms with Gasteiger partial charge in [-0.05, 0) is 42.9 Å². The van der Waals surface area contributed by atoms with Crippen molar-refractivity contribution in [3.05, 3.63) is 51.7 Å². The molecular formula is C26H30F3N5O4S. The molecule has 4 unspecified atom stereocenters. The molecule has 9 nitrogen and oxygen atoms in total. The molecule has 13 heteroatoms. The zero-order valence-corrected chi connectivity index (χ0v) is 22.0. The van der Waals surface area contributed by atoms with E-state index in [4.69, 9.17) is 15.9 Å². The maximum Gasteiger partial charge on any atom is 0.426 e.